The van der Waals surface area contributed by atoms with Crippen LogP contribution in [0.15, 0.2) is 41.4 Å². The zero-order chi connectivity index (χ0) is 20.7. The maximum Gasteiger partial charge on any atom is 0.433 e. The summed E-state index contributed by atoms with van der Waals surface area (Å²) in [6.45, 7) is 2.98. The predicted octanol–water partition coefficient (Wildman–Crippen LogP) is 3.21. The number of ether oxygens (including phenoxy) is 1. The van der Waals surface area contributed by atoms with Crippen LogP contribution in [0.3, 0.4) is 0 Å². The minimum atomic E-state index is -4.56. The van der Waals surface area contributed by atoms with Crippen molar-refractivity contribution >= 4 is 21.4 Å². The fourth-order valence-electron chi connectivity index (χ4n) is 2.78. The van der Waals surface area contributed by atoms with Gasteiger partial charge in [0.1, 0.15) is 11.4 Å². The second kappa shape index (κ2) is 7.08. The molecule has 3 rings (SSSR count). The Bertz CT molecular complexity index is 1000. The van der Waals surface area contributed by atoms with Crippen molar-refractivity contribution in [1.82, 2.24) is 4.98 Å². The van der Waals surface area contributed by atoms with Crippen LogP contribution in [0.25, 0.3) is 0 Å². The maximum atomic E-state index is 12.7. The predicted molar refractivity (Wildman–Crippen MR) is 94.7 cm³/mol. The number of anilines is 1. The van der Waals surface area contributed by atoms with Gasteiger partial charge >= 0.3 is 6.18 Å². The Morgan fingerprint density at radius 1 is 1.21 bits per heavy atom. The van der Waals surface area contributed by atoms with E-state index in [1.807, 2.05) is 0 Å². The van der Waals surface area contributed by atoms with Crippen LogP contribution in [-0.2, 0) is 27.4 Å². The summed E-state index contributed by atoms with van der Waals surface area (Å²) in [4.78, 5) is 17.3. The van der Waals surface area contributed by atoms with E-state index in [2.05, 4.69) is 4.98 Å². The molecule has 1 unspecified atom stereocenters. The molecule has 0 bridgehead atoms. The van der Waals surface area contributed by atoms with Gasteiger partial charge in [0.15, 0.2) is 15.9 Å². The molecular weight excluding hydrogens is 397 g/mol. The lowest BCUT2D eigenvalue weighted by Gasteiger charge is -2.33. The second-order valence-corrected chi connectivity index (χ2v) is 8.55. The third-order valence-electron chi connectivity index (χ3n) is 4.33. The van der Waals surface area contributed by atoms with Gasteiger partial charge in [0, 0.05) is 6.20 Å². The van der Waals surface area contributed by atoms with E-state index in [1.54, 1.807) is 6.92 Å². The lowest BCUT2D eigenvalue weighted by Crippen LogP contribution is -2.44. The van der Waals surface area contributed by atoms with Crippen molar-refractivity contribution in [3.8, 4) is 5.75 Å². The van der Waals surface area contributed by atoms with Crippen molar-refractivity contribution in [2.24, 2.45) is 0 Å². The molecule has 1 amide bonds. The number of pyridine rings is 1. The summed E-state index contributed by atoms with van der Waals surface area (Å²) in [5.41, 5.74) is -0.419. The first-order chi connectivity index (χ1) is 13.0. The van der Waals surface area contributed by atoms with Crippen molar-refractivity contribution < 1.29 is 31.1 Å². The summed E-state index contributed by atoms with van der Waals surface area (Å²) in [6, 6.07) is 6.28. The molecule has 1 aliphatic heterocycles. The van der Waals surface area contributed by atoms with Crippen LogP contribution < -0.4 is 9.64 Å². The maximum absolute atomic E-state index is 12.7. The van der Waals surface area contributed by atoms with E-state index in [-0.39, 0.29) is 22.9 Å². The van der Waals surface area contributed by atoms with Gasteiger partial charge in [-0.25, -0.2) is 8.42 Å². The molecule has 1 aromatic heterocycles. The highest BCUT2D eigenvalue weighted by atomic mass is 32.2. The Morgan fingerprint density at radius 3 is 2.50 bits per heavy atom. The first-order valence-electron chi connectivity index (χ1n) is 8.40. The Morgan fingerprint density at radius 2 is 1.93 bits per heavy atom. The SMILES string of the molecule is CCS(=O)(=O)c1ccc2c(c1)N(Cc1ccc(C(F)(F)F)nc1)C(=O)C(C)O2. The third-order valence-corrected chi connectivity index (χ3v) is 6.07. The van der Waals surface area contributed by atoms with Crippen LogP contribution in [0, 0.1) is 0 Å². The number of aromatic nitrogens is 1. The molecular formula is C18H17F3N2O4S. The van der Waals surface area contributed by atoms with Gasteiger partial charge in [0.25, 0.3) is 5.91 Å². The highest BCUT2D eigenvalue weighted by Crippen LogP contribution is 2.37. The average molecular weight is 414 g/mol. The quantitative estimate of drug-likeness (QED) is 0.768. The van der Waals surface area contributed by atoms with Crippen molar-refractivity contribution in [3.63, 3.8) is 0 Å². The van der Waals surface area contributed by atoms with Gasteiger partial charge in [-0.3, -0.25) is 9.78 Å². The number of rotatable bonds is 4. The van der Waals surface area contributed by atoms with E-state index >= 15 is 0 Å². The average Bonchev–Trinajstić information content (AvgIpc) is 2.64. The van der Waals surface area contributed by atoms with E-state index in [1.165, 1.54) is 36.1 Å². The standard InChI is InChI=1S/C18H17F3N2O4S/c1-3-28(25,26)13-5-6-15-14(8-13)23(17(24)11(2)27-15)10-12-4-7-16(22-9-12)18(19,20)21/h4-9,11H,3,10H2,1-2H3. The Labute approximate surface area is 159 Å². The number of sulfone groups is 1. The first-order valence-corrected chi connectivity index (χ1v) is 10.0. The van der Waals surface area contributed by atoms with Crippen LogP contribution in [0.5, 0.6) is 5.75 Å². The number of hydrogen-bond acceptors (Lipinski definition) is 5. The van der Waals surface area contributed by atoms with Crippen molar-refractivity contribution in [3.05, 3.63) is 47.8 Å². The van der Waals surface area contributed by atoms with Gasteiger partial charge in [-0.15, -0.1) is 0 Å². The normalized spacial score (nSPS) is 17.2. The number of carbonyl (C=O) groups is 1. The molecule has 6 nitrogen and oxygen atoms in total. The number of halogens is 3. The van der Waals surface area contributed by atoms with Gasteiger partial charge < -0.3 is 9.64 Å². The summed E-state index contributed by atoms with van der Waals surface area (Å²) in [7, 11) is -3.51. The molecule has 2 aromatic rings. The Balaban J connectivity index is 1.99. The number of benzene rings is 1. The molecule has 1 aromatic carbocycles. The fraction of sp³-hybridized carbons (Fsp3) is 0.333. The lowest BCUT2D eigenvalue weighted by atomic mass is 10.1. The number of amides is 1. The van der Waals surface area contributed by atoms with Crippen molar-refractivity contribution in [2.45, 2.75) is 37.6 Å². The van der Waals surface area contributed by atoms with E-state index in [0.717, 1.165) is 12.3 Å². The van der Waals surface area contributed by atoms with E-state index in [0.29, 0.717) is 11.3 Å². The van der Waals surface area contributed by atoms with Gasteiger partial charge in [0.2, 0.25) is 0 Å². The largest absolute Gasteiger partial charge is 0.479 e. The fourth-order valence-corrected chi connectivity index (χ4v) is 3.68. The van der Waals surface area contributed by atoms with Crippen LogP contribution in [0.1, 0.15) is 25.1 Å². The molecule has 28 heavy (non-hydrogen) atoms. The van der Waals surface area contributed by atoms with Crippen LogP contribution in [-0.4, -0.2) is 31.2 Å². The smallest absolute Gasteiger partial charge is 0.433 e. The summed E-state index contributed by atoms with van der Waals surface area (Å²) < 4.78 is 67.9. The Hall–Kier alpha value is -2.62. The second-order valence-electron chi connectivity index (χ2n) is 6.27. The van der Waals surface area contributed by atoms with Crippen LogP contribution >= 0.6 is 0 Å². The molecule has 2 heterocycles. The summed E-state index contributed by atoms with van der Waals surface area (Å²) in [5.74, 6) is -0.222. The zero-order valence-electron chi connectivity index (χ0n) is 15.0. The molecule has 0 N–H and O–H groups in total. The summed E-state index contributed by atoms with van der Waals surface area (Å²) in [6.07, 6.45) is -4.33. The monoisotopic (exact) mass is 414 g/mol. The van der Waals surface area contributed by atoms with Gasteiger partial charge in [-0.2, -0.15) is 13.2 Å². The highest BCUT2D eigenvalue weighted by Gasteiger charge is 2.34. The molecule has 0 radical (unpaired) electrons. The van der Waals surface area contributed by atoms with Crippen LogP contribution in [0.2, 0.25) is 0 Å². The molecule has 10 heteroatoms. The summed E-state index contributed by atoms with van der Waals surface area (Å²) in [5, 5.41) is 0. The molecule has 0 fully saturated rings. The Kier molecular flexibility index (Phi) is 5.09. The molecule has 0 aliphatic carbocycles. The van der Waals surface area contributed by atoms with Crippen LogP contribution in [0.4, 0.5) is 18.9 Å². The molecule has 1 atom stereocenters. The van der Waals surface area contributed by atoms with Crippen molar-refractivity contribution in [1.29, 1.82) is 0 Å². The van der Waals surface area contributed by atoms with E-state index < -0.39 is 33.7 Å². The number of carbonyl (C=O) groups excluding carboxylic acids is 1. The van der Waals surface area contributed by atoms with E-state index in [4.69, 9.17) is 4.74 Å². The topological polar surface area (TPSA) is 76.6 Å². The lowest BCUT2D eigenvalue weighted by molar-refractivity contribution is -0.141. The van der Waals surface area contributed by atoms with Gasteiger partial charge in [-0.05, 0) is 36.8 Å². The highest BCUT2D eigenvalue weighted by molar-refractivity contribution is 7.91. The minimum absolute atomic E-state index is 0.0373. The van der Waals surface area contributed by atoms with Gasteiger partial charge in [-0.1, -0.05) is 13.0 Å². The third kappa shape index (κ3) is 3.82. The number of alkyl halides is 3. The first kappa shape index (κ1) is 20.1. The molecule has 150 valence electrons. The molecule has 0 spiro atoms. The summed E-state index contributed by atoms with van der Waals surface area (Å²) >= 11 is 0. The van der Waals surface area contributed by atoms with E-state index in [9.17, 15) is 26.4 Å². The van der Waals surface area contributed by atoms with Crippen molar-refractivity contribution in [2.75, 3.05) is 10.7 Å². The molecule has 0 saturated carbocycles. The molecule has 1 aliphatic rings. The number of nitrogens with zero attached hydrogens (tertiary/aromatic N) is 2. The zero-order valence-corrected chi connectivity index (χ0v) is 15.8. The molecule has 0 saturated heterocycles. The number of hydrogen-bond donors (Lipinski definition) is 0. The number of fused-ring (bicyclic) bond motifs is 1. The minimum Gasteiger partial charge on any atom is -0.479 e. The van der Waals surface area contributed by atoms with Gasteiger partial charge in [0.05, 0.1) is 22.9 Å².